The molecule has 4 nitrogen and oxygen atoms in total. The summed E-state index contributed by atoms with van der Waals surface area (Å²) in [5, 5.41) is 0. The fourth-order valence-corrected chi connectivity index (χ4v) is 1.92. The van der Waals surface area contributed by atoms with E-state index in [2.05, 4.69) is 0 Å². The van der Waals surface area contributed by atoms with Crippen molar-refractivity contribution in [3.8, 4) is 0 Å². The molecule has 0 aromatic carbocycles. The average Bonchev–Trinajstić information content (AvgIpc) is 2.18. The zero-order valence-corrected chi connectivity index (χ0v) is 8.89. The van der Waals surface area contributed by atoms with Gasteiger partial charge in [0.25, 0.3) is 0 Å². The summed E-state index contributed by atoms with van der Waals surface area (Å²) in [6.07, 6.45) is -2.61. The second-order valence-electron chi connectivity index (χ2n) is 4.11. The highest BCUT2D eigenvalue weighted by molar-refractivity contribution is 5.75. The molecular formula is C9H16F3N3O. The Labute approximate surface area is 91.9 Å². The van der Waals surface area contributed by atoms with Gasteiger partial charge in [-0.1, -0.05) is 0 Å². The number of rotatable bonds is 3. The topological polar surface area (TPSA) is 58.4 Å². The van der Waals surface area contributed by atoms with Gasteiger partial charge in [-0.25, -0.2) is 5.84 Å². The number of nitrogens with two attached hydrogens (primary N) is 1. The van der Waals surface area contributed by atoms with Gasteiger partial charge in [0.1, 0.15) is 0 Å². The number of hydrazine groups is 1. The van der Waals surface area contributed by atoms with Gasteiger partial charge in [0.05, 0.1) is 6.54 Å². The van der Waals surface area contributed by atoms with E-state index in [0.717, 1.165) is 0 Å². The summed E-state index contributed by atoms with van der Waals surface area (Å²) in [4.78, 5) is 12.3. The van der Waals surface area contributed by atoms with Crippen molar-refractivity contribution in [3.05, 3.63) is 0 Å². The van der Waals surface area contributed by atoms with E-state index in [9.17, 15) is 18.0 Å². The van der Waals surface area contributed by atoms with Gasteiger partial charge in [-0.2, -0.15) is 13.2 Å². The molecule has 1 aliphatic heterocycles. The molecule has 1 rings (SSSR count). The summed E-state index contributed by atoms with van der Waals surface area (Å²) in [6.45, 7) is -0.0765. The minimum absolute atomic E-state index is 0.146. The van der Waals surface area contributed by atoms with E-state index in [0.29, 0.717) is 32.4 Å². The third kappa shape index (κ3) is 4.80. The van der Waals surface area contributed by atoms with Crippen molar-refractivity contribution in [2.24, 2.45) is 11.8 Å². The van der Waals surface area contributed by atoms with Crippen LogP contribution in [0.3, 0.4) is 0 Å². The van der Waals surface area contributed by atoms with Gasteiger partial charge in [0, 0.05) is 6.42 Å². The van der Waals surface area contributed by atoms with Crippen LogP contribution in [0.4, 0.5) is 13.2 Å². The lowest BCUT2D eigenvalue weighted by Crippen LogP contribution is -2.41. The summed E-state index contributed by atoms with van der Waals surface area (Å²) < 4.78 is 36.2. The van der Waals surface area contributed by atoms with Crippen molar-refractivity contribution in [2.75, 3.05) is 19.6 Å². The zero-order chi connectivity index (χ0) is 12.2. The van der Waals surface area contributed by atoms with Crippen molar-refractivity contribution in [2.45, 2.75) is 25.4 Å². The largest absolute Gasteiger partial charge is 0.401 e. The number of nitrogens with zero attached hydrogens (tertiary/aromatic N) is 1. The third-order valence-electron chi connectivity index (χ3n) is 2.75. The number of carbonyl (C=O) groups is 1. The lowest BCUT2D eigenvalue weighted by Gasteiger charge is -2.31. The number of piperidine rings is 1. The highest BCUT2D eigenvalue weighted by Gasteiger charge is 2.32. The number of likely N-dealkylation sites (tertiary alicyclic amines) is 1. The van der Waals surface area contributed by atoms with Crippen LogP contribution in [0, 0.1) is 5.92 Å². The van der Waals surface area contributed by atoms with Crippen molar-refractivity contribution < 1.29 is 18.0 Å². The number of hydrogen-bond donors (Lipinski definition) is 2. The van der Waals surface area contributed by atoms with E-state index in [1.165, 1.54) is 4.90 Å². The predicted molar refractivity (Wildman–Crippen MR) is 52.2 cm³/mol. The lowest BCUT2D eigenvalue weighted by molar-refractivity contribution is -0.149. The molecule has 1 heterocycles. The van der Waals surface area contributed by atoms with Crippen molar-refractivity contribution in [1.82, 2.24) is 10.3 Å². The Kier molecular flexibility index (Phi) is 4.55. The van der Waals surface area contributed by atoms with Crippen molar-refractivity contribution >= 4 is 5.91 Å². The first-order chi connectivity index (χ1) is 7.40. The Morgan fingerprint density at radius 3 is 2.38 bits per heavy atom. The predicted octanol–water partition coefficient (Wildman–Crippen LogP) is 0.641. The van der Waals surface area contributed by atoms with Gasteiger partial charge >= 0.3 is 6.18 Å². The molecule has 3 N–H and O–H groups in total. The van der Waals surface area contributed by atoms with Crippen LogP contribution in [0.5, 0.6) is 0 Å². The molecule has 0 bridgehead atoms. The number of amides is 1. The first-order valence-electron chi connectivity index (χ1n) is 5.19. The molecule has 0 atom stereocenters. The zero-order valence-electron chi connectivity index (χ0n) is 8.89. The van der Waals surface area contributed by atoms with E-state index >= 15 is 0 Å². The summed E-state index contributed by atoms with van der Waals surface area (Å²) >= 11 is 0. The van der Waals surface area contributed by atoms with E-state index in [1.54, 1.807) is 0 Å². The van der Waals surface area contributed by atoms with E-state index in [4.69, 9.17) is 5.84 Å². The average molecular weight is 239 g/mol. The molecule has 0 aromatic rings. The molecule has 0 aromatic heterocycles. The summed E-state index contributed by atoms with van der Waals surface area (Å²) in [5.74, 6) is 4.83. The minimum atomic E-state index is -4.14. The van der Waals surface area contributed by atoms with Crippen LogP contribution in [0.1, 0.15) is 19.3 Å². The van der Waals surface area contributed by atoms with Crippen LogP contribution in [0.15, 0.2) is 0 Å². The van der Waals surface area contributed by atoms with Crippen LogP contribution in [-0.2, 0) is 4.79 Å². The Hall–Kier alpha value is -0.820. The number of nitrogens with one attached hydrogen (secondary N) is 1. The molecule has 1 amide bonds. The van der Waals surface area contributed by atoms with Gasteiger partial charge in [-0.15, -0.1) is 0 Å². The molecule has 0 aliphatic carbocycles. The highest BCUT2D eigenvalue weighted by Crippen LogP contribution is 2.23. The van der Waals surface area contributed by atoms with Crippen LogP contribution in [0.25, 0.3) is 0 Å². The highest BCUT2D eigenvalue weighted by atomic mass is 19.4. The molecular weight excluding hydrogens is 223 g/mol. The molecule has 0 spiro atoms. The van der Waals surface area contributed by atoms with Crippen molar-refractivity contribution in [3.63, 3.8) is 0 Å². The first kappa shape index (κ1) is 13.2. The van der Waals surface area contributed by atoms with E-state index in [1.807, 2.05) is 5.43 Å². The van der Waals surface area contributed by atoms with Gasteiger partial charge in [0.15, 0.2) is 0 Å². The van der Waals surface area contributed by atoms with Crippen LogP contribution < -0.4 is 11.3 Å². The standard InChI is InChI=1S/C9H16F3N3O/c10-9(11,12)6-15-3-1-7(2-4-15)5-8(16)14-13/h7H,1-6,13H2,(H,14,16). The quantitative estimate of drug-likeness (QED) is 0.431. The smallest absolute Gasteiger partial charge is 0.295 e. The van der Waals surface area contributed by atoms with Crippen LogP contribution in [-0.4, -0.2) is 36.6 Å². The van der Waals surface area contributed by atoms with E-state index < -0.39 is 12.7 Å². The molecule has 0 radical (unpaired) electrons. The fraction of sp³-hybridized carbons (Fsp3) is 0.889. The number of carbonyl (C=O) groups excluding carboxylic acids is 1. The Bertz CT molecular complexity index is 237. The summed E-state index contributed by atoms with van der Waals surface area (Å²) in [5.41, 5.74) is 2.03. The van der Waals surface area contributed by atoms with Gasteiger partial charge in [-0.3, -0.25) is 15.1 Å². The summed E-state index contributed by atoms with van der Waals surface area (Å²) in [7, 11) is 0. The van der Waals surface area contributed by atoms with E-state index in [-0.39, 0.29) is 11.8 Å². The molecule has 16 heavy (non-hydrogen) atoms. The normalized spacial score (nSPS) is 19.8. The minimum Gasteiger partial charge on any atom is -0.295 e. The molecule has 7 heteroatoms. The third-order valence-corrected chi connectivity index (χ3v) is 2.75. The number of hydrogen-bond acceptors (Lipinski definition) is 3. The van der Waals surface area contributed by atoms with Gasteiger partial charge in [-0.05, 0) is 31.8 Å². The Morgan fingerprint density at radius 2 is 1.94 bits per heavy atom. The maximum absolute atomic E-state index is 12.1. The van der Waals surface area contributed by atoms with Crippen LogP contribution in [0.2, 0.25) is 0 Å². The van der Waals surface area contributed by atoms with Gasteiger partial charge in [0.2, 0.25) is 5.91 Å². The van der Waals surface area contributed by atoms with Crippen LogP contribution >= 0.6 is 0 Å². The monoisotopic (exact) mass is 239 g/mol. The molecule has 1 aliphatic rings. The fourth-order valence-electron chi connectivity index (χ4n) is 1.92. The molecule has 1 fully saturated rings. The van der Waals surface area contributed by atoms with Gasteiger partial charge < -0.3 is 0 Å². The summed E-state index contributed by atoms with van der Waals surface area (Å²) in [6, 6.07) is 0. The number of halogens is 3. The molecule has 0 unspecified atom stereocenters. The molecule has 1 saturated heterocycles. The maximum Gasteiger partial charge on any atom is 0.401 e. The second kappa shape index (κ2) is 5.49. The van der Waals surface area contributed by atoms with Crippen molar-refractivity contribution in [1.29, 1.82) is 0 Å². The lowest BCUT2D eigenvalue weighted by atomic mass is 9.93. The Balaban J connectivity index is 2.26. The Morgan fingerprint density at radius 1 is 1.38 bits per heavy atom. The first-order valence-corrected chi connectivity index (χ1v) is 5.19. The molecule has 94 valence electrons. The number of alkyl halides is 3. The second-order valence-corrected chi connectivity index (χ2v) is 4.11. The maximum atomic E-state index is 12.1. The SMILES string of the molecule is NNC(=O)CC1CCN(CC(F)(F)F)CC1. The molecule has 0 saturated carbocycles.